The number of amides is 1. The molecule has 0 aliphatic carbocycles. The van der Waals surface area contributed by atoms with Gasteiger partial charge in [0.05, 0.1) is 11.4 Å². The number of carboxylic acids is 1. The van der Waals surface area contributed by atoms with Crippen LogP contribution in [0, 0.1) is 0 Å². The highest BCUT2D eigenvalue weighted by molar-refractivity contribution is 5.80. The van der Waals surface area contributed by atoms with Gasteiger partial charge in [0, 0.05) is 6.42 Å². The lowest BCUT2D eigenvalue weighted by molar-refractivity contribution is -0.139. The highest BCUT2D eigenvalue weighted by Crippen LogP contribution is 2.17. The molecule has 1 aromatic rings. The normalized spacial score (nSPS) is 12.5. The molecule has 1 rings (SSSR count). The first-order chi connectivity index (χ1) is 9.58. The van der Waals surface area contributed by atoms with Gasteiger partial charge in [0.15, 0.2) is 0 Å². The summed E-state index contributed by atoms with van der Waals surface area (Å²) in [5.74, 6) is -1.16. The fourth-order valence-electron chi connectivity index (χ4n) is 1.64. The molecule has 0 aliphatic heterocycles. The third-order valence-electron chi connectivity index (χ3n) is 2.58. The average Bonchev–Trinajstić information content (AvgIpc) is 2.30. The number of carboxylic acid groups (broad SMARTS) is 1. The van der Waals surface area contributed by atoms with Crippen molar-refractivity contribution in [1.29, 1.82) is 0 Å². The molecular formula is C14H21N3O4. The summed E-state index contributed by atoms with van der Waals surface area (Å²) in [7, 11) is 0. The molecule has 0 aromatic heterocycles. The smallest absolute Gasteiger partial charge is 0.408 e. The van der Waals surface area contributed by atoms with Crippen LogP contribution < -0.4 is 16.8 Å². The SMILES string of the molecule is CC(C)(C)OC(=O)NC(Cc1ccc(N)c(N)c1)C(=O)O. The predicted molar refractivity (Wildman–Crippen MR) is 79.8 cm³/mol. The van der Waals surface area contributed by atoms with Crippen LogP contribution in [0.4, 0.5) is 16.2 Å². The fraction of sp³-hybridized carbons (Fsp3) is 0.429. The molecule has 0 saturated carbocycles. The highest BCUT2D eigenvalue weighted by Gasteiger charge is 2.24. The Kier molecular flexibility index (Phi) is 5.02. The van der Waals surface area contributed by atoms with Gasteiger partial charge in [-0.2, -0.15) is 0 Å². The molecule has 7 heteroatoms. The van der Waals surface area contributed by atoms with Gasteiger partial charge in [0.25, 0.3) is 0 Å². The molecule has 6 N–H and O–H groups in total. The number of anilines is 2. The van der Waals surface area contributed by atoms with Crippen LogP contribution in [0.5, 0.6) is 0 Å². The molecule has 1 amide bonds. The van der Waals surface area contributed by atoms with E-state index in [1.54, 1.807) is 39.0 Å². The minimum Gasteiger partial charge on any atom is -0.480 e. The van der Waals surface area contributed by atoms with Crippen LogP contribution in [0.3, 0.4) is 0 Å². The maximum Gasteiger partial charge on any atom is 0.408 e. The minimum atomic E-state index is -1.16. The summed E-state index contributed by atoms with van der Waals surface area (Å²) in [6.07, 6.45) is -0.697. The van der Waals surface area contributed by atoms with Gasteiger partial charge in [-0.3, -0.25) is 0 Å². The maximum absolute atomic E-state index is 11.6. The Morgan fingerprint density at radius 2 is 1.90 bits per heavy atom. The number of hydrogen-bond donors (Lipinski definition) is 4. The van der Waals surface area contributed by atoms with E-state index in [1.807, 2.05) is 0 Å². The van der Waals surface area contributed by atoms with Gasteiger partial charge in [-0.25, -0.2) is 9.59 Å². The largest absolute Gasteiger partial charge is 0.480 e. The molecule has 0 fully saturated rings. The van der Waals surface area contributed by atoms with Gasteiger partial charge >= 0.3 is 12.1 Å². The Morgan fingerprint density at radius 1 is 1.29 bits per heavy atom. The van der Waals surface area contributed by atoms with E-state index in [4.69, 9.17) is 16.2 Å². The van der Waals surface area contributed by atoms with E-state index in [0.29, 0.717) is 16.9 Å². The lowest BCUT2D eigenvalue weighted by atomic mass is 10.0. The first kappa shape index (κ1) is 16.6. The maximum atomic E-state index is 11.6. The molecule has 0 saturated heterocycles. The number of hydrogen-bond acceptors (Lipinski definition) is 5. The Bertz CT molecular complexity index is 538. The number of nitrogen functional groups attached to an aromatic ring is 2. The highest BCUT2D eigenvalue weighted by atomic mass is 16.6. The van der Waals surface area contributed by atoms with Gasteiger partial charge in [-0.1, -0.05) is 6.07 Å². The number of aliphatic carboxylic acids is 1. The molecule has 116 valence electrons. The predicted octanol–water partition coefficient (Wildman–Crippen LogP) is 1.37. The van der Waals surface area contributed by atoms with E-state index >= 15 is 0 Å². The lowest BCUT2D eigenvalue weighted by Gasteiger charge is -2.22. The van der Waals surface area contributed by atoms with Crippen molar-refractivity contribution < 1.29 is 19.4 Å². The van der Waals surface area contributed by atoms with Crippen LogP contribution >= 0.6 is 0 Å². The number of nitrogens with two attached hydrogens (primary N) is 2. The number of rotatable bonds is 4. The topological polar surface area (TPSA) is 128 Å². The minimum absolute atomic E-state index is 0.0824. The van der Waals surface area contributed by atoms with Crippen molar-refractivity contribution in [2.24, 2.45) is 0 Å². The van der Waals surface area contributed by atoms with E-state index in [9.17, 15) is 14.7 Å². The first-order valence-corrected chi connectivity index (χ1v) is 6.44. The summed E-state index contributed by atoms with van der Waals surface area (Å²) in [6, 6.07) is 3.74. The molecule has 1 aromatic carbocycles. The average molecular weight is 295 g/mol. The van der Waals surface area contributed by atoms with Crippen LogP contribution in [-0.2, 0) is 16.0 Å². The van der Waals surface area contributed by atoms with Crippen LogP contribution in [0.25, 0.3) is 0 Å². The number of nitrogens with one attached hydrogen (secondary N) is 1. The second-order valence-corrected chi connectivity index (χ2v) is 5.70. The molecule has 21 heavy (non-hydrogen) atoms. The molecule has 0 spiro atoms. The number of carbonyl (C=O) groups is 2. The van der Waals surface area contributed by atoms with Crippen molar-refractivity contribution in [3.05, 3.63) is 23.8 Å². The van der Waals surface area contributed by atoms with Crippen molar-refractivity contribution in [1.82, 2.24) is 5.32 Å². The van der Waals surface area contributed by atoms with Crippen LogP contribution in [0.2, 0.25) is 0 Å². The number of benzene rings is 1. The van der Waals surface area contributed by atoms with E-state index in [-0.39, 0.29) is 6.42 Å². The van der Waals surface area contributed by atoms with Crippen LogP contribution in [0.15, 0.2) is 18.2 Å². The number of carbonyl (C=O) groups excluding carboxylic acids is 1. The zero-order chi connectivity index (χ0) is 16.2. The van der Waals surface area contributed by atoms with Gasteiger partial charge in [0.1, 0.15) is 11.6 Å². The molecule has 1 atom stereocenters. The first-order valence-electron chi connectivity index (χ1n) is 6.44. The van der Waals surface area contributed by atoms with Gasteiger partial charge < -0.3 is 26.6 Å². The van der Waals surface area contributed by atoms with Crippen molar-refractivity contribution in [2.45, 2.75) is 38.8 Å². The molecule has 7 nitrogen and oxygen atoms in total. The Labute approximate surface area is 123 Å². The third kappa shape index (κ3) is 5.60. The second-order valence-electron chi connectivity index (χ2n) is 5.70. The zero-order valence-corrected chi connectivity index (χ0v) is 12.3. The molecule has 1 unspecified atom stereocenters. The summed E-state index contributed by atoms with van der Waals surface area (Å²) in [4.78, 5) is 22.9. The quantitative estimate of drug-likeness (QED) is 0.621. The Balaban J connectivity index is 2.76. The second kappa shape index (κ2) is 6.34. The van der Waals surface area contributed by atoms with Gasteiger partial charge in [0.2, 0.25) is 0 Å². The number of alkyl carbamates (subject to hydrolysis) is 1. The Morgan fingerprint density at radius 3 is 2.38 bits per heavy atom. The summed E-state index contributed by atoms with van der Waals surface area (Å²) in [6.45, 7) is 5.09. The van der Waals surface area contributed by atoms with E-state index in [1.165, 1.54) is 0 Å². The molecular weight excluding hydrogens is 274 g/mol. The third-order valence-corrected chi connectivity index (χ3v) is 2.58. The van der Waals surface area contributed by atoms with Crippen molar-refractivity contribution in [3.63, 3.8) is 0 Å². The molecule has 0 bridgehead atoms. The number of ether oxygens (including phenoxy) is 1. The monoisotopic (exact) mass is 295 g/mol. The van der Waals surface area contributed by atoms with Crippen molar-refractivity contribution >= 4 is 23.4 Å². The summed E-state index contributed by atoms with van der Waals surface area (Å²) in [5.41, 5.74) is 12.0. The van der Waals surface area contributed by atoms with E-state index in [2.05, 4.69) is 5.32 Å². The summed E-state index contributed by atoms with van der Waals surface area (Å²) in [5, 5.41) is 11.5. The standard InChI is InChI=1S/C14H21N3O4/c1-14(2,3)21-13(20)17-11(12(18)19)7-8-4-5-9(15)10(16)6-8/h4-6,11H,7,15-16H2,1-3H3,(H,17,20)(H,18,19). The van der Waals surface area contributed by atoms with Crippen LogP contribution in [-0.4, -0.2) is 28.8 Å². The summed E-state index contributed by atoms with van der Waals surface area (Å²) < 4.78 is 5.04. The fourth-order valence-corrected chi connectivity index (χ4v) is 1.64. The molecule has 0 radical (unpaired) electrons. The van der Waals surface area contributed by atoms with Crippen LogP contribution in [0.1, 0.15) is 26.3 Å². The van der Waals surface area contributed by atoms with E-state index in [0.717, 1.165) is 0 Å². The van der Waals surface area contributed by atoms with E-state index < -0.39 is 23.7 Å². The molecule has 0 aliphatic rings. The Hall–Kier alpha value is -2.44. The summed E-state index contributed by atoms with van der Waals surface area (Å²) >= 11 is 0. The van der Waals surface area contributed by atoms with Crippen molar-refractivity contribution in [3.8, 4) is 0 Å². The van der Waals surface area contributed by atoms with Gasteiger partial charge in [-0.05, 0) is 38.5 Å². The molecule has 0 heterocycles. The lowest BCUT2D eigenvalue weighted by Crippen LogP contribution is -2.44. The van der Waals surface area contributed by atoms with Gasteiger partial charge in [-0.15, -0.1) is 0 Å². The zero-order valence-electron chi connectivity index (χ0n) is 12.3. The van der Waals surface area contributed by atoms with Crippen molar-refractivity contribution in [2.75, 3.05) is 11.5 Å².